The molecule has 0 aromatic heterocycles. The summed E-state index contributed by atoms with van der Waals surface area (Å²) in [5, 5.41) is 36.4. The normalized spacial score (nSPS) is 43.9. The van der Waals surface area contributed by atoms with Gasteiger partial charge in [-0.15, -0.1) is 29.9 Å². The van der Waals surface area contributed by atoms with E-state index >= 15 is 0 Å². The van der Waals surface area contributed by atoms with Crippen molar-refractivity contribution in [2.45, 2.75) is 73.2 Å². The molecule has 0 aromatic carbocycles. The number of aliphatic hydroxyl groups excluding tert-OH is 3. The zero-order valence-corrected chi connectivity index (χ0v) is 18.9. The van der Waals surface area contributed by atoms with Gasteiger partial charge in [-0.05, 0) is 31.9 Å². The number of ether oxygens (including phenoxy) is 2. The lowest BCUT2D eigenvalue weighted by atomic mass is 9.89. The second kappa shape index (κ2) is 10.5. The third-order valence-corrected chi connectivity index (χ3v) is 7.54. The summed E-state index contributed by atoms with van der Waals surface area (Å²) in [6.45, 7) is 6.83. The molecule has 2 unspecified atom stereocenters. The highest BCUT2D eigenvalue weighted by molar-refractivity contribution is 7.99. The van der Waals surface area contributed by atoms with Gasteiger partial charge >= 0.3 is 0 Å². The van der Waals surface area contributed by atoms with Crippen molar-refractivity contribution in [2.75, 3.05) is 19.4 Å². The Bertz CT molecular complexity index is 612. The molecule has 3 heterocycles. The number of carbonyl (C=O) groups is 1. The number of rotatable bonds is 6. The van der Waals surface area contributed by atoms with E-state index in [0.717, 1.165) is 12.8 Å². The maximum atomic E-state index is 13.1. The molecule has 0 spiro atoms. The van der Waals surface area contributed by atoms with E-state index in [4.69, 9.17) is 21.1 Å². The van der Waals surface area contributed by atoms with Crippen molar-refractivity contribution in [2.24, 2.45) is 11.8 Å². The summed E-state index contributed by atoms with van der Waals surface area (Å²) in [5.41, 5.74) is -0.738. The first-order chi connectivity index (χ1) is 14.3. The minimum absolute atomic E-state index is 0.215. The fourth-order valence-corrected chi connectivity index (χ4v) is 5.51. The number of alkyl halides is 1. The molecule has 3 rings (SSSR count). The van der Waals surface area contributed by atoms with Gasteiger partial charge in [-0.1, -0.05) is 6.08 Å². The fourth-order valence-electron chi connectivity index (χ4n) is 4.63. The average Bonchev–Trinajstić information content (AvgIpc) is 3.00. The number of fused-ring (bicyclic) bond motifs is 1. The highest BCUT2D eigenvalue weighted by Gasteiger charge is 2.49. The van der Waals surface area contributed by atoms with Crippen molar-refractivity contribution < 1.29 is 29.6 Å². The van der Waals surface area contributed by atoms with E-state index in [-0.39, 0.29) is 17.9 Å². The molecule has 3 saturated heterocycles. The lowest BCUT2D eigenvalue weighted by Crippen LogP contribution is -2.65. The SMILES string of the molecule is C=C[C@@H]1CCO[C@@H]2[C@H](CN[C@@H]2C(=O)N[C@@H]([C@H]2OC(SC)[C@H](O)C(O)[C@@H]2O)[C@H](C)Cl)C1. The second-order valence-electron chi connectivity index (χ2n) is 8.39. The maximum Gasteiger partial charge on any atom is 0.240 e. The van der Waals surface area contributed by atoms with E-state index in [9.17, 15) is 20.1 Å². The molecule has 0 radical (unpaired) electrons. The molecule has 10 heteroatoms. The maximum absolute atomic E-state index is 13.1. The molecule has 3 fully saturated rings. The van der Waals surface area contributed by atoms with Crippen LogP contribution in [-0.2, 0) is 14.3 Å². The molecular formula is C20H33ClN2O6S. The molecule has 0 bridgehead atoms. The zero-order valence-electron chi connectivity index (χ0n) is 17.3. The molecule has 0 aromatic rings. The van der Waals surface area contributed by atoms with Gasteiger partial charge < -0.3 is 35.4 Å². The average molecular weight is 465 g/mol. The van der Waals surface area contributed by atoms with Crippen LogP contribution in [0.4, 0.5) is 0 Å². The Labute approximate surface area is 186 Å². The summed E-state index contributed by atoms with van der Waals surface area (Å²) >= 11 is 7.57. The highest BCUT2D eigenvalue weighted by Crippen LogP contribution is 2.32. The Morgan fingerprint density at radius 1 is 1.33 bits per heavy atom. The lowest BCUT2D eigenvalue weighted by molar-refractivity contribution is -0.205. The quantitative estimate of drug-likeness (QED) is 0.271. The summed E-state index contributed by atoms with van der Waals surface area (Å²) in [4.78, 5) is 13.1. The number of thioether (sulfide) groups is 1. The first kappa shape index (κ1) is 24.3. The lowest BCUT2D eigenvalue weighted by Gasteiger charge is -2.44. The van der Waals surface area contributed by atoms with Gasteiger partial charge in [0, 0.05) is 19.1 Å². The Balaban J connectivity index is 1.71. The van der Waals surface area contributed by atoms with Gasteiger partial charge in [0.15, 0.2) is 0 Å². The third kappa shape index (κ3) is 4.99. The molecule has 1 amide bonds. The largest absolute Gasteiger partial charge is 0.388 e. The summed E-state index contributed by atoms with van der Waals surface area (Å²) in [5.74, 6) is 0.308. The number of amides is 1. The van der Waals surface area contributed by atoms with Crippen molar-refractivity contribution in [3.05, 3.63) is 12.7 Å². The molecule has 172 valence electrons. The van der Waals surface area contributed by atoms with Crippen LogP contribution in [-0.4, -0.2) is 94.1 Å². The highest BCUT2D eigenvalue weighted by atomic mass is 35.5. The Morgan fingerprint density at radius 3 is 2.70 bits per heavy atom. The summed E-state index contributed by atoms with van der Waals surface area (Å²) in [7, 11) is 0. The predicted octanol–water partition coefficient (Wildman–Crippen LogP) is -0.162. The Kier molecular flexibility index (Phi) is 8.48. The number of aliphatic hydroxyl groups is 3. The Hall–Kier alpha value is -0.390. The Morgan fingerprint density at radius 2 is 2.07 bits per heavy atom. The minimum Gasteiger partial charge on any atom is -0.388 e. The van der Waals surface area contributed by atoms with Gasteiger partial charge in [-0.2, -0.15) is 0 Å². The number of carbonyl (C=O) groups excluding carboxylic acids is 1. The van der Waals surface area contributed by atoms with Crippen LogP contribution >= 0.6 is 23.4 Å². The van der Waals surface area contributed by atoms with Gasteiger partial charge in [0.05, 0.1) is 17.5 Å². The van der Waals surface area contributed by atoms with Crippen LogP contribution < -0.4 is 10.6 Å². The van der Waals surface area contributed by atoms with E-state index in [0.29, 0.717) is 19.1 Å². The van der Waals surface area contributed by atoms with E-state index in [1.807, 2.05) is 6.08 Å². The minimum atomic E-state index is -1.40. The predicted molar refractivity (Wildman–Crippen MR) is 115 cm³/mol. The zero-order chi connectivity index (χ0) is 22.0. The number of nitrogens with one attached hydrogen (secondary N) is 2. The van der Waals surface area contributed by atoms with Crippen molar-refractivity contribution in [1.29, 1.82) is 0 Å². The summed E-state index contributed by atoms with van der Waals surface area (Å²) < 4.78 is 11.8. The smallest absolute Gasteiger partial charge is 0.240 e. The molecule has 0 aliphatic carbocycles. The number of halogens is 1. The molecule has 3 aliphatic rings. The molecule has 5 N–H and O–H groups in total. The molecule has 8 nitrogen and oxygen atoms in total. The van der Waals surface area contributed by atoms with E-state index in [2.05, 4.69) is 17.2 Å². The van der Waals surface area contributed by atoms with Gasteiger partial charge in [0.1, 0.15) is 35.9 Å². The number of allylic oxidation sites excluding steroid dienone is 1. The van der Waals surface area contributed by atoms with Gasteiger partial charge in [0.2, 0.25) is 5.91 Å². The first-order valence-corrected chi connectivity index (χ1v) is 12.1. The van der Waals surface area contributed by atoms with E-state index < -0.39 is 47.3 Å². The molecule has 0 saturated carbocycles. The number of hydrogen-bond acceptors (Lipinski definition) is 8. The second-order valence-corrected chi connectivity index (χ2v) is 10.0. The first-order valence-electron chi connectivity index (χ1n) is 10.4. The summed E-state index contributed by atoms with van der Waals surface area (Å²) in [6, 6.07) is -1.30. The van der Waals surface area contributed by atoms with Gasteiger partial charge in [-0.3, -0.25) is 4.79 Å². The fraction of sp³-hybridized carbons (Fsp3) is 0.850. The third-order valence-electron chi connectivity index (χ3n) is 6.41. The van der Waals surface area contributed by atoms with Crippen LogP contribution in [0.15, 0.2) is 12.7 Å². The van der Waals surface area contributed by atoms with Crippen LogP contribution in [0.3, 0.4) is 0 Å². The molecule has 30 heavy (non-hydrogen) atoms. The van der Waals surface area contributed by atoms with Gasteiger partial charge in [0.25, 0.3) is 0 Å². The van der Waals surface area contributed by atoms with Crippen LogP contribution in [0.1, 0.15) is 19.8 Å². The standard InChI is InChI=1S/C20H33ClN2O6S/c1-4-10-5-6-28-17-11(7-10)8-22-13(17)19(27)23-12(9(2)21)18-15(25)14(24)16(26)20(29-18)30-3/h4,9-18,20,22,24-26H,1,5-8H2,2-3H3,(H,23,27)/t9-,10+,11-,12+,13-,14?,15-,16+,17+,18+,20?/m0/s1. The van der Waals surface area contributed by atoms with Crippen LogP contribution in [0.2, 0.25) is 0 Å². The van der Waals surface area contributed by atoms with Crippen LogP contribution in [0, 0.1) is 11.8 Å². The van der Waals surface area contributed by atoms with Crippen molar-refractivity contribution in [3.8, 4) is 0 Å². The number of hydrogen-bond donors (Lipinski definition) is 5. The molecular weight excluding hydrogens is 432 g/mol. The molecule has 3 aliphatic heterocycles. The van der Waals surface area contributed by atoms with Gasteiger partial charge in [-0.25, -0.2) is 0 Å². The van der Waals surface area contributed by atoms with Crippen LogP contribution in [0.25, 0.3) is 0 Å². The van der Waals surface area contributed by atoms with E-state index in [1.54, 1.807) is 13.2 Å². The monoisotopic (exact) mass is 464 g/mol. The van der Waals surface area contributed by atoms with Crippen molar-refractivity contribution in [3.63, 3.8) is 0 Å². The van der Waals surface area contributed by atoms with E-state index in [1.165, 1.54) is 11.8 Å². The summed E-state index contributed by atoms with van der Waals surface area (Å²) in [6.07, 6.45) is 0.271. The van der Waals surface area contributed by atoms with Crippen molar-refractivity contribution >= 4 is 29.3 Å². The topological polar surface area (TPSA) is 120 Å². The van der Waals surface area contributed by atoms with Crippen LogP contribution in [0.5, 0.6) is 0 Å². The molecule has 11 atom stereocenters. The van der Waals surface area contributed by atoms with Crippen molar-refractivity contribution in [1.82, 2.24) is 10.6 Å².